The van der Waals surface area contributed by atoms with Crippen molar-refractivity contribution >= 4 is 35.8 Å². The molecule has 2 fully saturated rings. The van der Waals surface area contributed by atoms with Crippen LogP contribution >= 0.6 is 0 Å². The quantitative estimate of drug-likeness (QED) is 0.218. The lowest BCUT2D eigenvalue weighted by Gasteiger charge is -2.48. The summed E-state index contributed by atoms with van der Waals surface area (Å²) < 4.78 is 56.0. The van der Waals surface area contributed by atoms with Gasteiger partial charge < -0.3 is 52.5 Å². The maximum atomic E-state index is 12.4. The van der Waals surface area contributed by atoms with Gasteiger partial charge in [0.25, 0.3) is 0 Å². The Labute approximate surface area is 275 Å². The molecule has 3 rings (SSSR count). The van der Waals surface area contributed by atoms with Crippen LogP contribution in [0, 0.1) is 0 Å². The summed E-state index contributed by atoms with van der Waals surface area (Å²) in [6.07, 6.45) is -15.3. The van der Waals surface area contributed by atoms with E-state index in [9.17, 15) is 33.9 Å². The highest BCUT2D eigenvalue weighted by molar-refractivity contribution is 5.68. The lowest BCUT2D eigenvalue weighted by molar-refractivity contribution is -0.365. The van der Waals surface area contributed by atoms with E-state index in [0.29, 0.717) is 0 Å². The number of hydrogen-bond donors (Lipinski definition) is 1. The first kappa shape index (κ1) is 38.3. The van der Waals surface area contributed by atoms with Crippen molar-refractivity contribution in [1.82, 2.24) is 0 Å². The van der Waals surface area contributed by atoms with Crippen LogP contribution < -0.4 is 0 Å². The van der Waals surface area contributed by atoms with Crippen molar-refractivity contribution < 1.29 is 81.2 Å². The molecule has 1 N–H and O–H groups in total. The summed E-state index contributed by atoms with van der Waals surface area (Å²) in [6, 6.07) is 8.90. The molecular weight excluding hydrogens is 644 g/mol. The predicted molar refractivity (Wildman–Crippen MR) is 155 cm³/mol. The van der Waals surface area contributed by atoms with Gasteiger partial charge in [-0.3, -0.25) is 28.8 Å². The van der Waals surface area contributed by atoms with Crippen molar-refractivity contribution in [3.8, 4) is 0 Å². The fourth-order valence-corrected chi connectivity index (χ4v) is 5.12. The van der Waals surface area contributed by atoms with E-state index < -0.39 is 110 Å². The zero-order valence-corrected chi connectivity index (χ0v) is 27.3. The van der Waals surface area contributed by atoms with Crippen LogP contribution in [0.5, 0.6) is 0 Å². The molecule has 1 aromatic carbocycles. The average Bonchev–Trinajstić information content (AvgIpc) is 2.98. The van der Waals surface area contributed by atoms with Gasteiger partial charge in [-0.1, -0.05) is 30.3 Å². The van der Waals surface area contributed by atoms with Crippen molar-refractivity contribution in [1.29, 1.82) is 0 Å². The van der Waals surface area contributed by atoms with Gasteiger partial charge in [0.15, 0.2) is 43.1 Å². The number of ether oxygens (including phenoxy) is 10. The molecule has 0 unspecified atom stereocenters. The van der Waals surface area contributed by atoms with Gasteiger partial charge in [-0.25, -0.2) is 0 Å². The Kier molecular flexibility index (Phi) is 14.2. The van der Waals surface area contributed by atoms with Crippen molar-refractivity contribution in [2.75, 3.05) is 13.2 Å². The zero-order chi connectivity index (χ0) is 35.5. The first-order valence-electron chi connectivity index (χ1n) is 14.9. The van der Waals surface area contributed by atoms with Crippen LogP contribution in [0.3, 0.4) is 0 Å². The molecule has 10 atom stereocenters. The first-order chi connectivity index (χ1) is 22.7. The minimum absolute atomic E-state index is 0.0288. The molecule has 2 aliphatic heterocycles. The van der Waals surface area contributed by atoms with Crippen molar-refractivity contribution in [2.24, 2.45) is 0 Å². The normalized spacial score (nSPS) is 29.9. The van der Waals surface area contributed by atoms with Gasteiger partial charge in [-0.15, -0.1) is 0 Å². The van der Waals surface area contributed by atoms with Crippen LogP contribution in [0.1, 0.15) is 47.1 Å². The lowest BCUT2D eigenvalue weighted by atomic mass is 9.96. The van der Waals surface area contributed by atoms with Crippen molar-refractivity contribution in [2.45, 2.75) is 110 Å². The van der Waals surface area contributed by atoms with Crippen LogP contribution in [-0.2, 0) is 82.7 Å². The van der Waals surface area contributed by atoms with E-state index in [1.807, 2.05) is 0 Å². The van der Waals surface area contributed by atoms with E-state index in [2.05, 4.69) is 0 Å². The molecule has 266 valence electrons. The Morgan fingerprint density at radius 3 is 1.54 bits per heavy atom. The van der Waals surface area contributed by atoms with Gasteiger partial charge >= 0.3 is 35.8 Å². The maximum Gasteiger partial charge on any atom is 0.303 e. The molecule has 48 heavy (non-hydrogen) atoms. The zero-order valence-electron chi connectivity index (χ0n) is 27.3. The third-order valence-corrected chi connectivity index (χ3v) is 6.89. The number of esters is 6. The average molecular weight is 685 g/mol. The highest BCUT2D eigenvalue weighted by Crippen LogP contribution is 2.35. The van der Waals surface area contributed by atoms with Crippen LogP contribution in [0.15, 0.2) is 30.3 Å². The SMILES string of the molecule is CC(=O)OC[C@@H]1O[C@H](O)[C@@H](O[C@H]2O[C@H](COC(C)=O)[C@@H](OCc3ccccc3)[C@H](OC(C)=O)[C@@H]2OC(C)=O)[C@@H](OC(C)=O)[C@@H]1OC(C)=O. The fraction of sp³-hybridized carbons (Fsp3) is 0.613. The molecule has 17 nitrogen and oxygen atoms in total. The third kappa shape index (κ3) is 11.2. The smallest absolute Gasteiger partial charge is 0.303 e. The third-order valence-electron chi connectivity index (χ3n) is 6.89. The molecule has 0 aliphatic carbocycles. The monoisotopic (exact) mass is 684 g/mol. The number of carbonyl (C=O) groups is 6. The second-order valence-corrected chi connectivity index (χ2v) is 10.9. The summed E-state index contributed by atoms with van der Waals surface area (Å²) in [5, 5.41) is 11.1. The molecule has 2 aliphatic rings. The fourth-order valence-electron chi connectivity index (χ4n) is 5.12. The Morgan fingerprint density at radius 1 is 0.583 bits per heavy atom. The predicted octanol–water partition coefficient (Wildman–Crippen LogP) is 0.252. The van der Waals surface area contributed by atoms with E-state index in [-0.39, 0.29) is 6.61 Å². The second kappa shape index (κ2) is 17.8. The molecule has 2 heterocycles. The Bertz CT molecular complexity index is 1280. The number of aliphatic hydroxyl groups is 1. The Balaban J connectivity index is 2.04. The molecule has 0 aromatic heterocycles. The van der Waals surface area contributed by atoms with Gasteiger partial charge in [0.2, 0.25) is 0 Å². The van der Waals surface area contributed by atoms with E-state index in [0.717, 1.165) is 47.1 Å². The standard InChI is InChI=1S/C31H40O17/c1-15(32)39-13-22-24(41-12-21-10-8-7-9-11-21)26(43-18(4)35)29(45-20(6)37)31(47-22)48-28-27(44-19(5)36)25(42-17(3)34)23(46-30(28)38)14-40-16(2)33/h7-11,22-31,38H,12-14H2,1-6H3/t22-,23+,24-,25-,26+,27+,28+,29+,30+,31-/m1/s1. The van der Waals surface area contributed by atoms with Crippen LogP contribution in [0.25, 0.3) is 0 Å². The summed E-state index contributed by atoms with van der Waals surface area (Å²) in [5.74, 6) is -4.78. The van der Waals surface area contributed by atoms with E-state index in [4.69, 9.17) is 47.4 Å². The van der Waals surface area contributed by atoms with Crippen LogP contribution in [0.2, 0.25) is 0 Å². The van der Waals surface area contributed by atoms with Crippen molar-refractivity contribution in [3.05, 3.63) is 35.9 Å². The maximum absolute atomic E-state index is 12.4. The number of aliphatic hydroxyl groups excluding tert-OH is 1. The number of carbonyl (C=O) groups excluding carboxylic acids is 6. The molecule has 0 spiro atoms. The molecule has 0 amide bonds. The summed E-state index contributed by atoms with van der Waals surface area (Å²) in [5.41, 5.74) is 0.722. The van der Waals surface area contributed by atoms with Gasteiger partial charge in [0.1, 0.15) is 31.5 Å². The largest absolute Gasteiger partial charge is 0.463 e. The van der Waals surface area contributed by atoms with E-state index in [1.165, 1.54) is 0 Å². The first-order valence-corrected chi connectivity index (χ1v) is 14.9. The van der Waals surface area contributed by atoms with E-state index >= 15 is 0 Å². The van der Waals surface area contributed by atoms with Crippen molar-refractivity contribution in [3.63, 3.8) is 0 Å². The minimum atomic E-state index is -1.95. The Morgan fingerprint density at radius 2 is 1.04 bits per heavy atom. The summed E-state index contributed by atoms with van der Waals surface area (Å²) >= 11 is 0. The summed E-state index contributed by atoms with van der Waals surface area (Å²) in [6.45, 7) is 5.58. The van der Waals surface area contributed by atoms with E-state index in [1.54, 1.807) is 30.3 Å². The molecule has 0 saturated carbocycles. The van der Waals surface area contributed by atoms with Crippen LogP contribution in [0.4, 0.5) is 0 Å². The number of rotatable bonds is 13. The van der Waals surface area contributed by atoms with Gasteiger partial charge in [0, 0.05) is 41.5 Å². The molecule has 17 heteroatoms. The number of benzene rings is 1. The molecular formula is C31H40O17. The summed E-state index contributed by atoms with van der Waals surface area (Å²) in [4.78, 5) is 72.3. The van der Waals surface area contributed by atoms with Gasteiger partial charge in [-0.05, 0) is 5.56 Å². The van der Waals surface area contributed by atoms with Gasteiger partial charge in [-0.2, -0.15) is 0 Å². The molecule has 2 saturated heterocycles. The molecule has 0 radical (unpaired) electrons. The second-order valence-electron chi connectivity index (χ2n) is 10.9. The minimum Gasteiger partial charge on any atom is -0.463 e. The number of hydrogen-bond acceptors (Lipinski definition) is 17. The molecule has 1 aromatic rings. The summed E-state index contributed by atoms with van der Waals surface area (Å²) in [7, 11) is 0. The van der Waals surface area contributed by atoms with Crippen LogP contribution in [-0.4, -0.2) is 116 Å². The highest BCUT2D eigenvalue weighted by Gasteiger charge is 2.56. The highest BCUT2D eigenvalue weighted by atomic mass is 16.8. The topological polar surface area (TPSA) is 215 Å². The Hall–Kier alpha value is -4.16. The van der Waals surface area contributed by atoms with Gasteiger partial charge in [0.05, 0.1) is 6.61 Å². The molecule has 0 bridgehead atoms. The lowest BCUT2D eigenvalue weighted by Crippen LogP contribution is -2.66.